The molecule has 1 unspecified atom stereocenters. The van der Waals surface area contributed by atoms with Crippen molar-refractivity contribution in [3.63, 3.8) is 0 Å². The van der Waals surface area contributed by atoms with Crippen molar-refractivity contribution in [2.24, 2.45) is 0 Å². The molecule has 0 aliphatic rings. The first-order valence-electron chi connectivity index (χ1n) is 15.0. The van der Waals surface area contributed by atoms with E-state index in [0.29, 0.717) is 28.6 Å². The van der Waals surface area contributed by atoms with Crippen LogP contribution in [0.15, 0.2) is 72.6 Å². The zero-order chi connectivity index (χ0) is 33.9. The number of nitriles is 1. The van der Waals surface area contributed by atoms with Crippen molar-refractivity contribution in [3.05, 3.63) is 117 Å². The average molecular weight is 658 g/mol. The van der Waals surface area contributed by atoms with Crippen LogP contribution in [-0.2, 0) is 23.5 Å². The summed E-state index contributed by atoms with van der Waals surface area (Å²) in [7, 11) is 1.69. The minimum Gasteiger partial charge on any atom is -0.425 e. The molecule has 3 aromatic carbocycles. The third kappa shape index (κ3) is 7.28. The standard InChI is InChI=1S/C35H35F2N6O3S/c1-21-12-26(13-22(2)32(21)46-34(44)24(4)39-5)16-42-19-40-43(20-42)18-35(45,29-11-10-28(36)14-30(29)37)23(3)33-41-31(17-47-33)27-8-6-25(15-38)7-9-27/h6-14,17,19-20,23-24,39,45H,16,18H2,1-5H3/q+1/t23-,24?,35+/m0/s1. The number of aryl methyl sites for hydroxylation is 2. The summed E-state index contributed by atoms with van der Waals surface area (Å²) in [4.78, 5) is 17.1. The van der Waals surface area contributed by atoms with Gasteiger partial charge in [-0.05, 0) is 74.8 Å². The van der Waals surface area contributed by atoms with E-state index < -0.39 is 29.2 Å². The highest BCUT2D eigenvalue weighted by atomic mass is 32.1. The van der Waals surface area contributed by atoms with Crippen LogP contribution in [0.5, 0.6) is 5.75 Å². The van der Waals surface area contributed by atoms with Crippen molar-refractivity contribution in [2.75, 3.05) is 7.05 Å². The summed E-state index contributed by atoms with van der Waals surface area (Å²) in [6.07, 6.45) is 3.31. The number of aromatic nitrogens is 4. The molecular formula is C35H35F2N6O3S+. The largest absolute Gasteiger partial charge is 0.425 e. The lowest BCUT2D eigenvalue weighted by atomic mass is 9.82. The Morgan fingerprint density at radius 3 is 2.49 bits per heavy atom. The molecule has 2 heterocycles. The smallest absolute Gasteiger partial charge is 0.328 e. The lowest BCUT2D eigenvalue weighted by Crippen LogP contribution is -2.39. The van der Waals surface area contributed by atoms with Gasteiger partial charge in [-0.25, -0.2) is 23.1 Å². The molecule has 0 bridgehead atoms. The van der Waals surface area contributed by atoms with Crippen molar-refractivity contribution in [2.45, 2.75) is 58.3 Å². The maximum absolute atomic E-state index is 15.3. The Morgan fingerprint density at radius 1 is 1.15 bits per heavy atom. The molecule has 2 aromatic heterocycles. The predicted molar refractivity (Wildman–Crippen MR) is 173 cm³/mol. The lowest BCUT2D eigenvalue weighted by molar-refractivity contribution is -0.689. The molecule has 0 fully saturated rings. The molecule has 12 heteroatoms. The van der Waals surface area contributed by atoms with Crippen LogP contribution in [0.3, 0.4) is 0 Å². The van der Waals surface area contributed by atoms with Gasteiger partial charge in [-0.2, -0.15) is 5.26 Å². The third-order valence-electron chi connectivity index (χ3n) is 8.22. The lowest BCUT2D eigenvalue weighted by Gasteiger charge is -2.32. The van der Waals surface area contributed by atoms with Gasteiger partial charge in [0, 0.05) is 33.6 Å². The van der Waals surface area contributed by atoms with E-state index in [2.05, 4.69) is 16.5 Å². The number of hydrogen-bond acceptors (Lipinski definition) is 8. The minimum atomic E-state index is -1.86. The number of nitrogens with one attached hydrogen (secondary N) is 1. The number of halogens is 2. The molecule has 3 atom stereocenters. The molecule has 2 N–H and O–H groups in total. The van der Waals surface area contributed by atoms with Crippen LogP contribution in [-0.4, -0.2) is 38.9 Å². The number of carbonyl (C=O) groups excluding carboxylic acids is 1. The zero-order valence-electron chi connectivity index (χ0n) is 26.7. The summed E-state index contributed by atoms with van der Waals surface area (Å²) in [5.41, 5.74) is 2.61. The molecule has 0 saturated heterocycles. The van der Waals surface area contributed by atoms with Crippen LogP contribution in [0.25, 0.3) is 11.3 Å². The van der Waals surface area contributed by atoms with E-state index in [9.17, 15) is 14.3 Å². The SMILES string of the molecule is CNC(C)C(=O)Oc1c(C)cc(C[n+]2cnn(C[C@](O)(c3ccc(F)cc3F)[C@@H](C)c3nc(-c4ccc(C#N)cc4)cs3)c2)cc1C. The Morgan fingerprint density at radius 2 is 1.85 bits per heavy atom. The van der Waals surface area contributed by atoms with Gasteiger partial charge < -0.3 is 15.2 Å². The van der Waals surface area contributed by atoms with Crippen molar-refractivity contribution < 1.29 is 28.0 Å². The fourth-order valence-corrected chi connectivity index (χ4v) is 6.39. The molecule has 5 rings (SSSR count). The van der Waals surface area contributed by atoms with Crippen LogP contribution < -0.4 is 14.6 Å². The van der Waals surface area contributed by atoms with Crippen LogP contribution in [0, 0.1) is 36.8 Å². The number of ether oxygens (including phenoxy) is 1. The van der Waals surface area contributed by atoms with Crippen LogP contribution in [0.2, 0.25) is 0 Å². The highest BCUT2D eigenvalue weighted by molar-refractivity contribution is 7.10. The first-order chi connectivity index (χ1) is 22.4. The molecule has 9 nitrogen and oxygen atoms in total. The Kier molecular flexibility index (Phi) is 9.91. The Balaban J connectivity index is 1.41. The van der Waals surface area contributed by atoms with Gasteiger partial charge in [0.15, 0.2) is 0 Å². The Bertz CT molecular complexity index is 1930. The number of aliphatic hydroxyl groups is 1. The molecule has 0 aliphatic heterocycles. The molecular weight excluding hydrogens is 622 g/mol. The van der Waals surface area contributed by atoms with Gasteiger partial charge in [0.1, 0.15) is 35.6 Å². The quantitative estimate of drug-likeness (QED) is 0.112. The van der Waals surface area contributed by atoms with Crippen LogP contribution in [0.1, 0.15) is 52.6 Å². The Labute approximate surface area is 275 Å². The monoisotopic (exact) mass is 657 g/mol. The second kappa shape index (κ2) is 13.9. The fraction of sp³-hybridized carbons (Fsp3) is 0.286. The highest BCUT2D eigenvalue weighted by Gasteiger charge is 2.43. The summed E-state index contributed by atoms with van der Waals surface area (Å²) in [5, 5.41) is 31.1. The number of carbonyl (C=O) groups is 1. The molecule has 0 aliphatic carbocycles. The Hall–Kier alpha value is -4.83. The normalized spacial score (nSPS) is 13.9. The number of hydrogen-bond donors (Lipinski definition) is 2. The summed E-state index contributed by atoms with van der Waals surface area (Å²) in [5.74, 6) is -2.20. The second-order valence-corrected chi connectivity index (χ2v) is 12.5. The van der Waals surface area contributed by atoms with Gasteiger partial charge in [0.25, 0.3) is 6.33 Å². The van der Waals surface area contributed by atoms with E-state index in [4.69, 9.17) is 15.0 Å². The molecule has 0 spiro atoms. The number of benzene rings is 3. The van der Waals surface area contributed by atoms with Crippen molar-refractivity contribution in [3.8, 4) is 23.1 Å². The van der Waals surface area contributed by atoms with Crippen LogP contribution >= 0.6 is 11.3 Å². The maximum Gasteiger partial charge on any atom is 0.328 e. The van der Waals surface area contributed by atoms with Crippen molar-refractivity contribution in [1.82, 2.24) is 20.1 Å². The molecule has 0 radical (unpaired) electrons. The highest BCUT2D eigenvalue weighted by Crippen LogP contribution is 2.41. The van der Waals surface area contributed by atoms with Gasteiger partial charge in [-0.15, -0.1) is 16.0 Å². The third-order valence-corrected chi connectivity index (χ3v) is 9.25. The number of rotatable bonds is 11. The predicted octanol–water partition coefficient (Wildman–Crippen LogP) is 5.31. The number of likely N-dealkylation sites (N-methyl/N-ethyl adjacent to an activating group) is 1. The molecule has 47 heavy (non-hydrogen) atoms. The summed E-state index contributed by atoms with van der Waals surface area (Å²) < 4.78 is 38.2. The number of nitrogens with zero attached hydrogens (tertiary/aromatic N) is 5. The van der Waals surface area contributed by atoms with Gasteiger partial charge >= 0.3 is 5.97 Å². The van der Waals surface area contributed by atoms with Crippen LogP contribution in [0.4, 0.5) is 8.78 Å². The first-order valence-corrected chi connectivity index (χ1v) is 15.8. The zero-order valence-corrected chi connectivity index (χ0v) is 27.5. The fourth-order valence-electron chi connectivity index (χ4n) is 5.42. The first kappa shape index (κ1) is 33.5. The van der Waals surface area contributed by atoms with E-state index in [1.165, 1.54) is 22.1 Å². The van der Waals surface area contributed by atoms with E-state index in [1.54, 1.807) is 57.8 Å². The molecule has 0 saturated carbocycles. The van der Waals surface area contributed by atoms with Crippen molar-refractivity contribution >= 4 is 17.3 Å². The maximum atomic E-state index is 15.3. The number of esters is 1. The minimum absolute atomic E-state index is 0.0763. The molecule has 242 valence electrons. The second-order valence-electron chi connectivity index (χ2n) is 11.6. The van der Waals surface area contributed by atoms with E-state index in [1.807, 2.05) is 35.9 Å². The summed E-state index contributed by atoms with van der Waals surface area (Å²) >= 11 is 1.32. The van der Waals surface area contributed by atoms with Gasteiger partial charge in [-0.3, -0.25) is 0 Å². The van der Waals surface area contributed by atoms with E-state index >= 15 is 4.39 Å². The van der Waals surface area contributed by atoms with Crippen molar-refractivity contribution in [1.29, 1.82) is 5.26 Å². The molecule has 0 amide bonds. The number of thiazole rings is 1. The summed E-state index contributed by atoms with van der Waals surface area (Å²) in [6.45, 7) is 7.52. The topological polar surface area (TPSA) is 117 Å². The average Bonchev–Trinajstić information content (AvgIpc) is 3.71. The summed E-state index contributed by atoms with van der Waals surface area (Å²) in [6, 6.07) is 15.6. The van der Waals surface area contributed by atoms with E-state index in [-0.39, 0.29) is 18.1 Å². The van der Waals surface area contributed by atoms with Gasteiger partial charge in [-0.1, -0.05) is 25.1 Å². The van der Waals surface area contributed by atoms with E-state index in [0.717, 1.165) is 34.4 Å². The molecule has 5 aromatic rings. The van der Waals surface area contributed by atoms with Gasteiger partial charge in [0.2, 0.25) is 6.33 Å². The van der Waals surface area contributed by atoms with Gasteiger partial charge in [0.05, 0.1) is 28.9 Å².